The van der Waals surface area contributed by atoms with Crippen molar-refractivity contribution in [3.63, 3.8) is 0 Å². The largest absolute Gasteiger partial charge is 0.394 e. The summed E-state index contributed by atoms with van der Waals surface area (Å²) in [6.45, 7) is 0.899. The summed E-state index contributed by atoms with van der Waals surface area (Å²) in [6, 6.07) is 4.52. The highest BCUT2D eigenvalue weighted by molar-refractivity contribution is 6.33. The smallest absolute Gasteiger partial charge is 0.271 e. The van der Waals surface area contributed by atoms with Gasteiger partial charge in [0, 0.05) is 18.7 Å². The number of hydrogen-bond acceptors (Lipinski definition) is 4. The standard InChI is InChI=1S/C12H15ClN2O3/c13-11-7-9(15(17)18)4-5-12(11)14-6-2-1-3-10(14)8-16/h4-5,7,10,16H,1-3,6,8H2/t10-/m0/s1. The predicted octanol–water partition coefficient (Wildman–Crippen LogP) is 2.60. The maximum absolute atomic E-state index is 10.7. The minimum atomic E-state index is -0.463. The second-order valence-corrected chi connectivity index (χ2v) is 4.83. The maximum Gasteiger partial charge on any atom is 0.271 e. The average Bonchev–Trinajstić information content (AvgIpc) is 2.38. The third kappa shape index (κ3) is 2.57. The van der Waals surface area contributed by atoms with Gasteiger partial charge in [0.1, 0.15) is 0 Å². The fourth-order valence-electron chi connectivity index (χ4n) is 2.35. The summed E-state index contributed by atoms with van der Waals surface area (Å²) in [5.41, 5.74) is 0.752. The molecule has 0 radical (unpaired) electrons. The monoisotopic (exact) mass is 270 g/mol. The first-order valence-electron chi connectivity index (χ1n) is 5.95. The number of nitro groups is 1. The highest BCUT2D eigenvalue weighted by Gasteiger charge is 2.24. The van der Waals surface area contributed by atoms with Gasteiger partial charge < -0.3 is 10.0 Å². The van der Waals surface area contributed by atoms with Gasteiger partial charge >= 0.3 is 0 Å². The van der Waals surface area contributed by atoms with Crippen LogP contribution < -0.4 is 4.90 Å². The van der Waals surface area contributed by atoms with E-state index in [9.17, 15) is 15.2 Å². The van der Waals surface area contributed by atoms with Gasteiger partial charge in [-0.1, -0.05) is 11.6 Å². The van der Waals surface area contributed by atoms with E-state index < -0.39 is 4.92 Å². The molecule has 1 N–H and O–H groups in total. The van der Waals surface area contributed by atoms with Crippen LogP contribution in [0.25, 0.3) is 0 Å². The lowest BCUT2D eigenvalue weighted by Gasteiger charge is -2.36. The molecule has 1 aliphatic heterocycles. The molecule has 98 valence electrons. The average molecular weight is 271 g/mol. The zero-order valence-corrected chi connectivity index (χ0v) is 10.6. The topological polar surface area (TPSA) is 66.6 Å². The number of rotatable bonds is 3. The van der Waals surface area contributed by atoms with Crippen molar-refractivity contribution in [2.24, 2.45) is 0 Å². The Balaban J connectivity index is 2.29. The van der Waals surface area contributed by atoms with E-state index >= 15 is 0 Å². The second-order valence-electron chi connectivity index (χ2n) is 4.42. The van der Waals surface area contributed by atoms with E-state index in [1.807, 2.05) is 4.90 Å². The van der Waals surface area contributed by atoms with E-state index in [-0.39, 0.29) is 18.3 Å². The highest BCUT2D eigenvalue weighted by Crippen LogP contribution is 2.33. The first-order chi connectivity index (χ1) is 8.63. The van der Waals surface area contributed by atoms with Crippen LogP contribution >= 0.6 is 11.6 Å². The number of aliphatic hydroxyl groups is 1. The maximum atomic E-state index is 10.7. The number of benzene rings is 1. The van der Waals surface area contributed by atoms with Crippen molar-refractivity contribution in [1.82, 2.24) is 0 Å². The predicted molar refractivity (Wildman–Crippen MR) is 70.2 cm³/mol. The summed E-state index contributed by atoms with van der Waals surface area (Å²) >= 11 is 6.10. The van der Waals surface area contributed by atoms with E-state index in [1.165, 1.54) is 12.1 Å². The summed E-state index contributed by atoms with van der Waals surface area (Å²) in [6.07, 6.45) is 3.06. The Morgan fingerprint density at radius 3 is 2.89 bits per heavy atom. The molecule has 0 spiro atoms. The molecule has 2 rings (SSSR count). The minimum Gasteiger partial charge on any atom is -0.394 e. The van der Waals surface area contributed by atoms with Gasteiger partial charge in [-0.25, -0.2) is 0 Å². The molecule has 1 saturated heterocycles. The fraction of sp³-hybridized carbons (Fsp3) is 0.500. The number of piperidine rings is 1. The van der Waals surface area contributed by atoms with Crippen LogP contribution in [0.1, 0.15) is 19.3 Å². The second kappa shape index (κ2) is 5.54. The van der Waals surface area contributed by atoms with Crippen molar-refractivity contribution < 1.29 is 10.0 Å². The quantitative estimate of drug-likeness (QED) is 0.677. The van der Waals surface area contributed by atoms with Gasteiger partial charge in [-0.15, -0.1) is 0 Å². The van der Waals surface area contributed by atoms with Gasteiger partial charge in [-0.2, -0.15) is 0 Å². The summed E-state index contributed by atoms with van der Waals surface area (Å²) in [7, 11) is 0. The summed E-state index contributed by atoms with van der Waals surface area (Å²) < 4.78 is 0. The summed E-state index contributed by atoms with van der Waals surface area (Å²) in [5, 5.41) is 20.4. The van der Waals surface area contributed by atoms with Crippen LogP contribution in [0, 0.1) is 10.1 Å². The summed E-state index contributed by atoms with van der Waals surface area (Å²) in [5.74, 6) is 0. The molecule has 1 aliphatic rings. The van der Waals surface area contributed by atoms with E-state index in [1.54, 1.807) is 6.07 Å². The van der Waals surface area contributed by atoms with E-state index in [0.717, 1.165) is 31.5 Å². The normalized spacial score (nSPS) is 19.9. The number of hydrogen-bond donors (Lipinski definition) is 1. The Kier molecular flexibility index (Phi) is 4.04. The van der Waals surface area contributed by atoms with Gasteiger partial charge in [0.25, 0.3) is 5.69 Å². The van der Waals surface area contributed by atoms with Crippen molar-refractivity contribution in [3.05, 3.63) is 33.3 Å². The molecule has 1 aromatic carbocycles. The zero-order valence-electron chi connectivity index (χ0n) is 9.88. The van der Waals surface area contributed by atoms with E-state index in [0.29, 0.717) is 5.02 Å². The van der Waals surface area contributed by atoms with Gasteiger partial charge in [0.15, 0.2) is 0 Å². The molecule has 6 heteroatoms. The van der Waals surface area contributed by atoms with Crippen molar-refractivity contribution in [2.75, 3.05) is 18.1 Å². The Hall–Kier alpha value is -1.33. The fourth-order valence-corrected chi connectivity index (χ4v) is 2.63. The Bertz CT molecular complexity index is 453. The lowest BCUT2D eigenvalue weighted by atomic mass is 10.0. The van der Waals surface area contributed by atoms with Crippen LogP contribution in [0.3, 0.4) is 0 Å². The number of halogens is 1. The molecule has 1 heterocycles. The van der Waals surface area contributed by atoms with Crippen molar-refractivity contribution in [2.45, 2.75) is 25.3 Å². The zero-order chi connectivity index (χ0) is 13.1. The molecule has 1 fully saturated rings. The van der Waals surface area contributed by atoms with Crippen LogP contribution in [0.2, 0.25) is 5.02 Å². The van der Waals surface area contributed by atoms with Crippen LogP contribution in [-0.2, 0) is 0 Å². The minimum absolute atomic E-state index is 0.0127. The molecule has 0 amide bonds. The van der Waals surface area contributed by atoms with Crippen LogP contribution in [0.5, 0.6) is 0 Å². The van der Waals surface area contributed by atoms with E-state index in [4.69, 9.17) is 11.6 Å². The lowest BCUT2D eigenvalue weighted by Crippen LogP contribution is -2.42. The molecular formula is C12H15ClN2O3. The third-order valence-electron chi connectivity index (χ3n) is 3.29. The molecule has 0 bridgehead atoms. The van der Waals surface area contributed by atoms with Crippen LogP contribution in [0.15, 0.2) is 18.2 Å². The highest BCUT2D eigenvalue weighted by atomic mass is 35.5. The molecule has 0 aliphatic carbocycles. The van der Waals surface area contributed by atoms with Crippen LogP contribution in [0.4, 0.5) is 11.4 Å². The number of non-ortho nitro benzene ring substituents is 1. The van der Waals surface area contributed by atoms with Crippen molar-refractivity contribution in [3.8, 4) is 0 Å². The number of aliphatic hydroxyl groups excluding tert-OH is 1. The van der Waals surface area contributed by atoms with Crippen molar-refractivity contribution >= 4 is 23.0 Å². The molecule has 18 heavy (non-hydrogen) atoms. The van der Waals surface area contributed by atoms with Gasteiger partial charge in [0.05, 0.1) is 28.3 Å². The molecule has 5 nitrogen and oxygen atoms in total. The third-order valence-corrected chi connectivity index (χ3v) is 3.59. The molecule has 0 aromatic heterocycles. The number of anilines is 1. The van der Waals surface area contributed by atoms with Crippen molar-refractivity contribution in [1.29, 1.82) is 0 Å². The number of nitro benzene ring substituents is 1. The Morgan fingerprint density at radius 1 is 1.50 bits per heavy atom. The van der Waals surface area contributed by atoms with Gasteiger partial charge in [-0.3, -0.25) is 10.1 Å². The molecule has 0 unspecified atom stereocenters. The van der Waals surface area contributed by atoms with Gasteiger partial charge in [-0.05, 0) is 25.3 Å². The first kappa shape index (κ1) is 13.1. The van der Waals surface area contributed by atoms with Crippen LogP contribution in [-0.4, -0.2) is 29.2 Å². The Morgan fingerprint density at radius 2 is 2.28 bits per heavy atom. The first-order valence-corrected chi connectivity index (χ1v) is 6.32. The SMILES string of the molecule is O=[N+]([O-])c1ccc(N2CCCC[C@H]2CO)c(Cl)c1. The Labute approximate surface area is 110 Å². The molecular weight excluding hydrogens is 256 g/mol. The van der Waals surface area contributed by atoms with E-state index in [2.05, 4.69) is 0 Å². The molecule has 1 atom stereocenters. The number of nitrogens with zero attached hydrogens (tertiary/aromatic N) is 2. The summed E-state index contributed by atoms with van der Waals surface area (Å²) in [4.78, 5) is 12.2. The molecule has 0 saturated carbocycles. The molecule has 1 aromatic rings. The lowest BCUT2D eigenvalue weighted by molar-refractivity contribution is -0.384. The van der Waals surface area contributed by atoms with Gasteiger partial charge in [0.2, 0.25) is 0 Å².